The number of benzene rings is 2. The highest BCUT2D eigenvalue weighted by molar-refractivity contribution is 5.84. The molecular weight excluding hydrogens is 388 g/mol. The minimum atomic E-state index is -1.17. The van der Waals surface area contributed by atoms with Gasteiger partial charge in [0, 0.05) is 12.1 Å². The first-order chi connectivity index (χ1) is 14.1. The molecule has 0 aliphatic rings. The highest BCUT2D eigenvalue weighted by Crippen LogP contribution is 2.13. The van der Waals surface area contributed by atoms with Gasteiger partial charge in [0.1, 0.15) is 18.2 Å². The van der Waals surface area contributed by atoms with E-state index in [-0.39, 0.29) is 13.0 Å². The Balaban J connectivity index is 1.88. The number of carbonyl (C=O) groups is 3. The van der Waals surface area contributed by atoms with Crippen LogP contribution in [0.25, 0.3) is 0 Å². The normalized spacial score (nSPS) is 11.8. The van der Waals surface area contributed by atoms with Crippen LogP contribution in [-0.4, -0.2) is 34.9 Å². The third-order valence-electron chi connectivity index (χ3n) is 3.84. The van der Waals surface area contributed by atoms with E-state index in [1.54, 1.807) is 45.0 Å². The van der Waals surface area contributed by atoms with Crippen molar-refractivity contribution in [2.45, 2.75) is 45.4 Å². The predicted octanol–water partition coefficient (Wildman–Crippen LogP) is 3.96. The second-order valence-corrected chi connectivity index (χ2v) is 7.62. The van der Waals surface area contributed by atoms with Crippen LogP contribution in [0.4, 0.5) is 15.3 Å². The monoisotopic (exact) mass is 414 g/mol. The van der Waals surface area contributed by atoms with Gasteiger partial charge in [-0.15, -0.1) is 0 Å². The topological polar surface area (TPSA) is 114 Å². The van der Waals surface area contributed by atoms with E-state index in [2.05, 4.69) is 10.6 Å². The molecule has 2 rings (SSSR count). The molecule has 8 heteroatoms. The Morgan fingerprint density at radius 2 is 1.57 bits per heavy atom. The van der Waals surface area contributed by atoms with Crippen molar-refractivity contribution in [3.8, 4) is 0 Å². The zero-order valence-corrected chi connectivity index (χ0v) is 17.2. The summed E-state index contributed by atoms with van der Waals surface area (Å²) in [6, 6.07) is 14.8. The van der Waals surface area contributed by atoms with Crippen molar-refractivity contribution < 1.29 is 29.0 Å². The van der Waals surface area contributed by atoms with Crippen molar-refractivity contribution in [3.63, 3.8) is 0 Å². The van der Waals surface area contributed by atoms with Gasteiger partial charge in [-0.05, 0) is 44.0 Å². The quantitative estimate of drug-likeness (QED) is 0.632. The molecule has 160 valence electrons. The molecule has 2 aromatic rings. The van der Waals surface area contributed by atoms with E-state index < -0.39 is 29.8 Å². The van der Waals surface area contributed by atoms with E-state index in [0.717, 1.165) is 5.56 Å². The molecule has 0 heterocycles. The first-order valence-electron chi connectivity index (χ1n) is 9.41. The molecule has 0 spiro atoms. The van der Waals surface area contributed by atoms with Gasteiger partial charge in [0.25, 0.3) is 0 Å². The van der Waals surface area contributed by atoms with Gasteiger partial charge >= 0.3 is 18.2 Å². The van der Waals surface area contributed by atoms with Crippen LogP contribution in [0.5, 0.6) is 0 Å². The van der Waals surface area contributed by atoms with Crippen molar-refractivity contribution >= 4 is 23.8 Å². The molecule has 2 aromatic carbocycles. The summed E-state index contributed by atoms with van der Waals surface area (Å²) < 4.78 is 10.3. The Bertz CT molecular complexity index is 859. The molecule has 0 unspecified atom stereocenters. The molecule has 0 aliphatic carbocycles. The van der Waals surface area contributed by atoms with Gasteiger partial charge in [-0.2, -0.15) is 0 Å². The first kappa shape index (κ1) is 22.7. The van der Waals surface area contributed by atoms with E-state index in [9.17, 15) is 19.5 Å². The van der Waals surface area contributed by atoms with Crippen molar-refractivity contribution in [1.82, 2.24) is 5.32 Å². The molecule has 2 amide bonds. The summed E-state index contributed by atoms with van der Waals surface area (Å²) in [5, 5.41) is 14.3. The van der Waals surface area contributed by atoms with Crippen LogP contribution in [-0.2, 0) is 27.3 Å². The fraction of sp³-hybridized carbons (Fsp3) is 0.318. The lowest BCUT2D eigenvalue weighted by Crippen LogP contribution is -2.44. The van der Waals surface area contributed by atoms with Gasteiger partial charge in [-0.1, -0.05) is 42.5 Å². The third kappa shape index (κ3) is 8.22. The van der Waals surface area contributed by atoms with Crippen LogP contribution in [0.3, 0.4) is 0 Å². The van der Waals surface area contributed by atoms with Crippen LogP contribution < -0.4 is 10.6 Å². The highest BCUT2D eigenvalue weighted by atomic mass is 16.6. The van der Waals surface area contributed by atoms with Gasteiger partial charge in [0.15, 0.2) is 0 Å². The lowest BCUT2D eigenvalue weighted by Gasteiger charge is -2.22. The van der Waals surface area contributed by atoms with Gasteiger partial charge in [0.05, 0.1) is 0 Å². The lowest BCUT2D eigenvalue weighted by molar-refractivity contribution is -0.139. The van der Waals surface area contributed by atoms with Crippen molar-refractivity contribution in [2.75, 3.05) is 5.32 Å². The van der Waals surface area contributed by atoms with E-state index >= 15 is 0 Å². The first-order valence-corrected chi connectivity index (χ1v) is 9.41. The molecule has 0 bridgehead atoms. The number of carbonyl (C=O) groups excluding carboxylic acids is 2. The van der Waals surface area contributed by atoms with E-state index in [1.807, 2.05) is 30.3 Å². The summed E-state index contributed by atoms with van der Waals surface area (Å²) in [6.45, 7) is 5.23. The largest absolute Gasteiger partial charge is 0.480 e. The zero-order valence-electron chi connectivity index (χ0n) is 17.2. The zero-order chi connectivity index (χ0) is 22.1. The number of aliphatic carboxylic acids is 1. The molecule has 0 saturated carbocycles. The van der Waals surface area contributed by atoms with Crippen LogP contribution in [0, 0.1) is 0 Å². The van der Waals surface area contributed by atoms with Crippen molar-refractivity contribution in [2.24, 2.45) is 0 Å². The molecular formula is C22H26N2O6. The average molecular weight is 414 g/mol. The lowest BCUT2D eigenvalue weighted by atomic mass is 10.1. The number of alkyl carbamates (subject to hydrolysis) is 1. The average Bonchev–Trinajstić information content (AvgIpc) is 2.66. The molecule has 0 radical (unpaired) electrons. The second kappa shape index (κ2) is 10.3. The maximum Gasteiger partial charge on any atom is 0.411 e. The Hall–Kier alpha value is -3.55. The van der Waals surface area contributed by atoms with E-state index in [4.69, 9.17) is 9.47 Å². The smallest absolute Gasteiger partial charge is 0.411 e. The minimum Gasteiger partial charge on any atom is -0.480 e. The van der Waals surface area contributed by atoms with E-state index in [0.29, 0.717) is 11.3 Å². The predicted molar refractivity (Wildman–Crippen MR) is 111 cm³/mol. The van der Waals surface area contributed by atoms with Gasteiger partial charge in [0.2, 0.25) is 0 Å². The molecule has 0 fully saturated rings. The van der Waals surface area contributed by atoms with Crippen molar-refractivity contribution in [3.05, 3.63) is 65.7 Å². The van der Waals surface area contributed by atoms with E-state index in [1.165, 1.54) is 0 Å². The number of anilines is 1. The summed E-state index contributed by atoms with van der Waals surface area (Å²) in [6.07, 6.45) is -1.33. The molecule has 0 aromatic heterocycles. The fourth-order valence-corrected chi connectivity index (χ4v) is 2.49. The second-order valence-electron chi connectivity index (χ2n) is 7.62. The maximum absolute atomic E-state index is 11.9. The molecule has 0 saturated heterocycles. The van der Waals surface area contributed by atoms with Gasteiger partial charge in [-0.3, -0.25) is 5.32 Å². The van der Waals surface area contributed by atoms with Crippen molar-refractivity contribution in [1.29, 1.82) is 0 Å². The summed E-state index contributed by atoms with van der Waals surface area (Å²) in [5.74, 6) is -1.17. The Kier molecular flexibility index (Phi) is 7.80. The number of nitrogens with one attached hydrogen (secondary N) is 2. The maximum atomic E-state index is 11.9. The number of ether oxygens (including phenoxy) is 2. The van der Waals surface area contributed by atoms with Gasteiger partial charge < -0.3 is 19.9 Å². The Labute approximate surface area is 175 Å². The highest BCUT2D eigenvalue weighted by Gasteiger charge is 2.24. The Morgan fingerprint density at radius 1 is 0.933 bits per heavy atom. The van der Waals surface area contributed by atoms with Crippen LogP contribution in [0.2, 0.25) is 0 Å². The molecule has 30 heavy (non-hydrogen) atoms. The fourth-order valence-electron chi connectivity index (χ4n) is 2.49. The van der Waals surface area contributed by atoms with Crippen LogP contribution >= 0.6 is 0 Å². The van der Waals surface area contributed by atoms with Gasteiger partial charge in [-0.25, -0.2) is 14.4 Å². The molecule has 0 aliphatic heterocycles. The SMILES string of the molecule is CC(C)(C)OC(=O)N[C@H](Cc1ccc(NC(=O)OCc2ccccc2)cc1)C(=O)O. The summed E-state index contributed by atoms with van der Waals surface area (Å²) in [5.41, 5.74) is 1.32. The number of carboxylic acid groups (broad SMARTS) is 1. The van der Waals surface area contributed by atoms with Crippen LogP contribution in [0.15, 0.2) is 54.6 Å². The summed E-state index contributed by atoms with van der Waals surface area (Å²) in [4.78, 5) is 35.2. The number of carboxylic acids is 1. The van der Waals surface area contributed by atoms with Crippen LogP contribution in [0.1, 0.15) is 31.9 Å². The number of rotatable bonds is 7. The number of hydrogen-bond donors (Lipinski definition) is 3. The standard InChI is InChI=1S/C22H26N2O6/c1-22(2,3)30-21(28)24-18(19(25)26)13-15-9-11-17(12-10-15)23-20(27)29-14-16-7-5-4-6-8-16/h4-12,18H,13-14H2,1-3H3,(H,23,27)(H,24,28)(H,25,26)/t18-/m1/s1. The minimum absolute atomic E-state index is 0.0628. The Morgan fingerprint density at radius 3 is 2.13 bits per heavy atom. The summed E-state index contributed by atoms with van der Waals surface area (Å²) >= 11 is 0. The molecule has 3 N–H and O–H groups in total. The number of hydrogen-bond acceptors (Lipinski definition) is 5. The number of amides is 2. The summed E-state index contributed by atoms with van der Waals surface area (Å²) in [7, 11) is 0. The third-order valence-corrected chi connectivity index (χ3v) is 3.84. The molecule has 8 nitrogen and oxygen atoms in total. The molecule has 1 atom stereocenters.